The number of carbonyl (C=O) groups is 3. The second-order valence-electron chi connectivity index (χ2n) is 11.0. The van der Waals surface area contributed by atoms with Crippen molar-refractivity contribution in [3.63, 3.8) is 0 Å². The van der Waals surface area contributed by atoms with E-state index < -0.39 is 8.32 Å². The molecule has 1 saturated heterocycles. The average Bonchev–Trinajstić information content (AvgIpc) is 2.99. The number of aryl methyl sites for hydroxylation is 1. The van der Waals surface area contributed by atoms with Gasteiger partial charge in [-0.25, -0.2) is 4.90 Å². The summed E-state index contributed by atoms with van der Waals surface area (Å²) >= 11 is 0. The van der Waals surface area contributed by atoms with Crippen molar-refractivity contribution in [3.05, 3.63) is 64.2 Å². The van der Waals surface area contributed by atoms with E-state index in [9.17, 15) is 14.4 Å². The largest absolute Gasteiger partial charge is 0.413 e. The van der Waals surface area contributed by atoms with Crippen LogP contribution in [-0.4, -0.2) is 32.1 Å². The molecule has 6 nitrogen and oxygen atoms in total. The summed E-state index contributed by atoms with van der Waals surface area (Å²) < 4.78 is 6.55. The molecule has 7 heteroatoms. The van der Waals surface area contributed by atoms with Crippen LogP contribution in [0.1, 0.15) is 71.1 Å². The molecule has 0 aliphatic carbocycles. The molecule has 2 aliphatic rings. The number of fused-ring (bicyclic) bond motifs is 1. The summed E-state index contributed by atoms with van der Waals surface area (Å²) in [6.45, 7) is 16.6. The molecule has 2 aliphatic heterocycles. The fourth-order valence-electron chi connectivity index (χ4n) is 4.80. The van der Waals surface area contributed by atoms with E-state index in [-0.39, 0.29) is 40.8 Å². The van der Waals surface area contributed by atoms with Gasteiger partial charge in [-0.1, -0.05) is 45.0 Å². The van der Waals surface area contributed by atoms with Gasteiger partial charge in [-0.2, -0.15) is 0 Å². The molecule has 0 bridgehead atoms. The number of benzene rings is 2. The first kappa shape index (κ1) is 24.4. The van der Waals surface area contributed by atoms with Crippen LogP contribution >= 0.6 is 0 Å². The summed E-state index contributed by atoms with van der Waals surface area (Å²) in [6.07, 6.45) is -0.259. The minimum atomic E-state index is -2.07. The van der Waals surface area contributed by atoms with Crippen LogP contribution in [0.3, 0.4) is 0 Å². The molecule has 34 heavy (non-hydrogen) atoms. The molecule has 0 saturated carbocycles. The molecular weight excluding hydrogens is 444 g/mol. The van der Waals surface area contributed by atoms with Gasteiger partial charge in [0.25, 0.3) is 11.8 Å². The van der Waals surface area contributed by atoms with Gasteiger partial charge in [-0.15, -0.1) is 0 Å². The lowest BCUT2D eigenvalue weighted by molar-refractivity contribution is -0.140. The highest BCUT2D eigenvalue weighted by Gasteiger charge is 2.49. The van der Waals surface area contributed by atoms with Gasteiger partial charge in [0.2, 0.25) is 5.91 Å². The Kier molecular flexibility index (Phi) is 5.85. The summed E-state index contributed by atoms with van der Waals surface area (Å²) in [5.74, 6) is -1.01. The van der Waals surface area contributed by atoms with Crippen LogP contribution in [0.4, 0.5) is 5.69 Å². The van der Waals surface area contributed by atoms with Gasteiger partial charge in [0.15, 0.2) is 8.32 Å². The lowest BCUT2D eigenvalue weighted by Crippen LogP contribution is -2.58. The maximum Gasteiger partial charge on any atom is 0.266 e. The van der Waals surface area contributed by atoms with Crippen LogP contribution in [0.5, 0.6) is 0 Å². The second kappa shape index (κ2) is 8.17. The predicted molar refractivity (Wildman–Crippen MR) is 136 cm³/mol. The normalized spacial score (nSPS) is 21.3. The minimum Gasteiger partial charge on any atom is -0.413 e. The first-order valence-corrected chi connectivity index (χ1v) is 14.7. The first-order valence-electron chi connectivity index (χ1n) is 11.8. The maximum absolute atomic E-state index is 13.4. The Balaban J connectivity index is 1.70. The molecular formula is C27H34N2O4Si. The zero-order chi connectivity index (χ0) is 25.2. The highest BCUT2D eigenvalue weighted by Crippen LogP contribution is 2.43. The fourth-order valence-corrected chi connectivity index (χ4v) is 6.23. The number of hydrogen-bond acceptors (Lipinski definition) is 4. The number of rotatable bonds is 5. The molecule has 2 aromatic rings. The zero-order valence-electron chi connectivity index (χ0n) is 21.3. The van der Waals surface area contributed by atoms with E-state index in [2.05, 4.69) is 39.2 Å². The van der Waals surface area contributed by atoms with E-state index in [0.29, 0.717) is 16.8 Å². The quantitative estimate of drug-likeness (QED) is 0.359. The molecule has 3 atom stereocenters. The Hall–Kier alpha value is -2.77. The summed E-state index contributed by atoms with van der Waals surface area (Å²) in [7, 11) is -2.07. The van der Waals surface area contributed by atoms with Gasteiger partial charge in [0.1, 0.15) is 0 Å². The highest BCUT2D eigenvalue weighted by molar-refractivity contribution is 6.74. The van der Waals surface area contributed by atoms with E-state index in [4.69, 9.17) is 4.43 Å². The SMILES string of the molecule is Cc1cc([C@H]2NC(=O)[C@@H]2[C@@H](C)O[Si](C)(C)C(C)(C)C)c(C)c2c1C(=O)N(c1ccccc1)C2=O. The Morgan fingerprint density at radius 3 is 2.15 bits per heavy atom. The van der Waals surface area contributed by atoms with Gasteiger partial charge >= 0.3 is 0 Å². The smallest absolute Gasteiger partial charge is 0.266 e. The Morgan fingerprint density at radius 1 is 1.00 bits per heavy atom. The number of para-hydroxylation sites is 1. The third-order valence-corrected chi connectivity index (χ3v) is 12.3. The van der Waals surface area contributed by atoms with E-state index in [1.807, 2.05) is 45.0 Å². The lowest BCUT2D eigenvalue weighted by atomic mass is 9.78. The molecule has 0 unspecified atom stereocenters. The molecule has 0 aromatic heterocycles. The number of hydrogen-bond donors (Lipinski definition) is 1. The molecule has 1 N–H and O–H groups in total. The van der Waals surface area contributed by atoms with Crippen molar-refractivity contribution in [1.82, 2.24) is 5.32 Å². The van der Waals surface area contributed by atoms with Crippen LogP contribution in [-0.2, 0) is 9.22 Å². The number of carbonyl (C=O) groups excluding carboxylic acids is 3. The number of imide groups is 1. The number of nitrogens with zero attached hydrogens (tertiary/aromatic N) is 1. The molecule has 0 radical (unpaired) electrons. The minimum absolute atomic E-state index is 0.0325. The first-order chi connectivity index (χ1) is 15.8. The predicted octanol–water partition coefficient (Wildman–Crippen LogP) is 5.30. The fraction of sp³-hybridized carbons (Fsp3) is 0.444. The third-order valence-electron chi connectivity index (χ3n) is 7.76. The van der Waals surface area contributed by atoms with Crippen LogP contribution in [0.2, 0.25) is 18.1 Å². The zero-order valence-corrected chi connectivity index (χ0v) is 22.3. The van der Waals surface area contributed by atoms with Crippen molar-refractivity contribution in [3.8, 4) is 0 Å². The van der Waals surface area contributed by atoms with E-state index in [1.165, 1.54) is 4.90 Å². The van der Waals surface area contributed by atoms with Crippen LogP contribution in [0.25, 0.3) is 0 Å². The van der Waals surface area contributed by atoms with Crippen molar-refractivity contribution in [2.24, 2.45) is 5.92 Å². The van der Waals surface area contributed by atoms with Crippen LogP contribution in [0, 0.1) is 19.8 Å². The Bertz CT molecular complexity index is 1180. The molecule has 4 rings (SSSR count). The number of nitrogens with one attached hydrogen (secondary N) is 1. The lowest BCUT2D eigenvalue weighted by Gasteiger charge is -2.46. The number of anilines is 1. The Labute approximate surface area is 202 Å². The van der Waals surface area contributed by atoms with Gasteiger partial charge in [-0.05, 0) is 67.7 Å². The molecule has 3 amide bonds. The monoisotopic (exact) mass is 478 g/mol. The van der Waals surface area contributed by atoms with Crippen LogP contribution < -0.4 is 10.2 Å². The summed E-state index contributed by atoms with van der Waals surface area (Å²) in [6, 6.07) is 10.7. The Morgan fingerprint density at radius 2 is 1.59 bits per heavy atom. The summed E-state index contributed by atoms with van der Waals surface area (Å²) in [5.41, 5.74) is 3.80. The maximum atomic E-state index is 13.4. The van der Waals surface area contributed by atoms with Crippen molar-refractivity contribution < 1.29 is 18.8 Å². The van der Waals surface area contributed by atoms with E-state index >= 15 is 0 Å². The third kappa shape index (κ3) is 3.71. The average molecular weight is 479 g/mol. The standard InChI is InChI=1S/C27H34N2O4Si/c1-15-14-19(23-22(24(30)28-23)17(3)33-34(7,8)27(4,5)6)16(2)21-20(15)25(31)29(26(21)32)18-12-10-9-11-13-18/h9-14,17,22-23H,1-8H3,(H,28,30)/t17-,22-,23-/m1/s1. The van der Waals surface area contributed by atoms with Gasteiger partial charge in [0, 0.05) is 0 Å². The molecule has 180 valence electrons. The van der Waals surface area contributed by atoms with Gasteiger partial charge in [0.05, 0.1) is 34.9 Å². The highest BCUT2D eigenvalue weighted by atomic mass is 28.4. The van der Waals surface area contributed by atoms with Crippen LogP contribution in [0.15, 0.2) is 36.4 Å². The van der Waals surface area contributed by atoms with Gasteiger partial charge in [-0.3, -0.25) is 14.4 Å². The summed E-state index contributed by atoms with van der Waals surface area (Å²) in [4.78, 5) is 40.6. The van der Waals surface area contributed by atoms with Crippen molar-refractivity contribution in [1.29, 1.82) is 0 Å². The van der Waals surface area contributed by atoms with E-state index in [1.54, 1.807) is 12.1 Å². The molecule has 2 heterocycles. The van der Waals surface area contributed by atoms with Crippen molar-refractivity contribution in [2.75, 3.05) is 4.90 Å². The number of β-lactam (4-membered cyclic amide) rings is 1. The molecule has 0 spiro atoms. The second-order valence-corrected chi connectivity index (χ2v) is 15.8. The molecule has 1 fully saturated rings. The van der Waals surface area contributed by atoms with Gasteiger partial charge < -0.3 is 9.74 Å². The van der Waals surface area contributed by atoms with Crippen molar-refractivity contribution >= 4 is 31.7 Å². The van der Waals surface area contributed by atoms with Crippen molar-refractivity contribution in [2.45, 2.75) is 71.8 Å². The molecule has 2 aromatic carbocycles. The number of amides is 3. The summed E-state index contributed by atoms with van der Waals surface area (Å²) in [5, 5.41) is 3.06. The van der Waals surface area contributed by atoms with E-state index in [0.717, 1.165) is 16.7 Å². The topological polar surface area (TPSA) is 75.7 Å².